The van der Waals surface area contributed by atoms with Crippen LogP contribution in [0, 0.1) is 5.41 Å². The molecule has 3 heteroatoms. The van der Waals surface area contributed by atoms with Crippen molar-refractivity contribution in [1.29, 1.82) is 0 Å². The quantitative estimate of drug-likeness (QED) is 0.796. The van der Waals surface area contributed by atoms with Crippen LogP contribution >= 0.6 is 0 Å². The summed E-state index contributed by atoms with van der Waals surface area (Å²) in [6.45, 7) is 5.87. The Morgan fingerprint density at radius 3 is 2.12 bits per heavy atom. The largest absolute Gasteiger partial charge is 0.497 e. The molecular weight excluding hydrogens is 202 g/mol. The van der Waals surface area contributed by atoms with Crippen LogP contribution in [0.25, 0.3) is 0 Å². The Bertz CT molecular complexity index is 363. The van der Waals surface area contributed by atoms with Crippen molar-refractivity contribution in [2.75, 3.05) is 7.11 Å². The number of methoxy groups -OCH3 is 1. The Morgan fingerprint density at radius 2 is 1.75 bits per heavy atom. The van der Waals surface area contributed by atoms with Crippen molar-refractivity contribution < 1.29 is 9.53 Å². The molecule has 1 atom stereocenters. The number of ether oxygens (including phenoxy) is 1. The fourth-order valence-corrected chi connectivity index (χ4v) is 1.33. The maximum atomic E-state index is 12.0. The van der Waals surface area contributed by atoms with Gasteiger partial charge in [-0.25, -0.2) is 0 Å². The van der Waals surface area contributed by atoms with E-state index in [9.17, 15) is 4.79 Å². The van der Waals surface area contributed by atoms with Crippen molar-refractivity contribution in [1.82, 2.24) is 0 Å². The molecule has 0 fully saturated rings. The van der Waals surface area contributed by atoms with E-state index in [2.05, 4.69) is 0 Å². The summed E-state index contributed by atoms with van der Waals surface area (Å²) >= 11 is 0. The summed E-state index contributed by atoms with van der Waals surface area (Å²) in [7, 11) is 1.59. The van der Waals surface area contributed by atoms with Gasteiger partial charge in [0.25, 0.3) is 0 Å². The second-order valence-corrected chi connectivity index (χ2v) is 4.94. The summed E-state index contributed by atoms with van der Waals surface area (Å²) in [5.41, 5.74) is 6.32. The van der Waals surface area contributed by atoms with Crippen molar-refractivity contribution in [2.24, 2.45) is 11.1 Å². The van der Waals surface area contributed by atoms with Crippen LogP contribution in [-0.4, -0.2) is 18.9 Å². The first-order valence-corrected chi connectivity index (χ1v) is 5.30. The zero-order valence-corrected chi connectivity index (χ0v) is 10.3. The highest BCUT2D eigenvalue weighted by Gasteiger charge is 2.28. The number of nitrogens with two attached hydrogens (primary N) is 1. The Kier molecular flexibility index (Phi) is 3.70. The average Bonchev–Trinajstić information content (AvgIpc) is 2.26. The minimum atomic E-state index is -0.485. The van der Waals surface area contributed by atoms with E-state index in [0.29, 0.717) is 5.56 Å². The van der Waals surface area contributed by atoms with E-state index in [0.717, 1.165) is 5.75 Å². The molecule has 0 radical (unpaired) electrons. The molecule has 1 aromatic carbocycles. The van der Waals surface area contributed by atoms with Gasteiger partial charge in [-0.05, 0) is 29.7 Å². The van der Waals surface area contributed by atoms with E-state index in [4.69, 9.17) is 10.5 Å². The third-order valence-electron chi connectivity index (χ3n) is 2.59. The molecule has 0 unspecified atom stereocenters. The molecule has 0 aromatic heterocycles. The third-order valence-corrected chi connectivity index (χ3v) is 2.59. The Morgan fingerprint density at radius 1 is 1.25 bits per heavy atom. The molecule has 0 saturated carbocycles. The van der Waals surface area contributed by atoms with Crippen LogP contribution < -0.4 is 10.5 Å². The van der Waals surface area contributed by atoms with Gasteiger partial charge in [-0.1, -0.05) is 20.8 Å². The highest BCUT2D eigenvalue weighted by Crippen LogP contribution is 2.21. The summed E-state index contributed by atoms with van der Waals surface area (Å²) in [5, 5.41) is 0. The zero-order valence-electron chi connectivity index (χ0n) is 10.3. The first-order chi connectivity index (χ1) is 7.36. The van der Waals surface area contributed by atoms with Crippen LogP contribution in [0.1, 0.15) is 31.1 Å². The predicted molar refractivity (Wildman–Crippen MR) is 64.8 cm³/mol. The molecule has 0 aliphatic carbocycles. The summed E-state index contributed by atoms with van der Waals surface area (Å²) in [4.78, 5) is 12.0. The highest BCUT2D eigenvalue weighted by atomic mass is 16.5. The molecular formula is C13H19NO2. The molecule has 0 heterocycles. The fourth-order valence-electron chi connectivity index (χ4n) is 1.33. The summed E-state index contributed by atoms with van der Waals surface area (Å²) in [6.07, 6.45) is 0. The van der Waals surface area contributed by atoms with Crippen LogP contribution in [0.5, 0.6) is 5.75 Å². The molecule has 0 aliphatic heterocycles. The Balaban J connectivity index is 2.88. The number of hydrogen-bond acceptors (Lipinski definition) is 3. The van der Waals surface area contributed by atoms with Crippen LogP contribution in [0.3, 0.4) is 0 Å². The van der Waals surface area contributed by atoms with Crippen molar-refractivity contribution in [3.8, 4) is 5.75 Å². The van der Waals surface area contributed by atoms with E-state index < -0.39 is 6.04 Å². The van der Waals surface area contributed by atoms with Gasteiger partial charge in [0.15, 0.2) is 5.78 Å². The SMILES string of the molecule is COc1ccc(C(=O)[C@@H](N)C(C)(C)C)cc1. The average molecular weight is 221 g/mol. The summed E-state index contributed by atoms with van der Waals surface area (Å²) in [6, 6.07) is 6.53. The normalized spacial score (nSPS) is 13.3. The van der Waals surface area contributed by atoms with E-state index in [-0.39, 0.29) is 11.2 Å². The van der Waals surface area contributed by atoms with Crippen LogP contribution in [-0.2, 0) is 0 Å². The first-order valence-electron chi connectivity index (χ1n) is 5.30. The topological polar surface area (TPSA) is 52.3 Å². The number of carbonyl (C=O) groups excluding carboxylic acids is 1. The summed E-state index contributed by atoms with van der Waals surface area (Å²) in [5.74, 6) is 0.705. The lowest BCUT2D eigenvalue weighted by Gasteiger charge is -2.25. The number of carbonyl (C=O) groups is 1. The first kappa shape index (κ1) is 12.7. The molecule has 0 bridgehead atoms. The lowest BCUT2D eigenvalue weighted by molar-refractivity contribution is 0.0901. The number of hydrogen-bond donors (Lipinski definition) is 1. The van der Waals surface area contributed by atoms with Crippen molar-refractivity contribution in [2.45, 2.75) is 26.8 Å². The zero-order chi connectivity index (χ0) is 12.3. The fraction of sp³-hybridized carbons (Fsp3) is 0.462. The summed E-state index contributed by atoms with van der Waals surface area (Å²) < 4.78 is 5.03. The van der Waals surface area contributed by atoms with Gasteiger partial charge >= 0.3 is 0 Å². The van der Waals surface area contributed by atoms with E-state index in [1.807, 2.05) is 20.8 Å². The Hall–Kier alpha value is -1.35. The van der Waals surface area contributed by atoms with Crippen LogP contribution in [0.15, 0.2) is 24.3 Å². The maximum absolute atomic E-state index is 12.0. The molecule has 16 heavy (non-hydrogen) atoms. The van der Waals surface area contributed by atoms with Gasteiger partial charge in [-0.2, -0.15) is 0 Å². The van der Waals surface area contributed by atoms with E-state index in [1.54, 1.807) is 31.4 Å². The molecule has 0 spiro atoms. The lowest BCUT2D eigenvalue weighted by atomic mass is 9.83. The van der Waals surface area contributed by atoms with Crippen LogP contribution in [0.4, 0.5) is 0 Å². The maximum Gasteiger partial charge on any atom is 0.180 e. The van der Waals surface area contributed by atoms with Gasteiger partial charge in [-0.3, -0.25) is 4.79 Å². The minimum Gasteiger partial charge on any atom is -0.497 e. The molecule has 1 aromatic rings. The molecule has 0 amide bonds. The number of Topliss-reactive ketones (excluding diaryl/α,β-unsaturated/α-hetero) is 1. The van der Waals surface area contributed by atoms with E-state index >= 15 is 0 Å². The van der Waals surface area contributed by atoms with Gasteiger partial charge in [0.2, 0.25) is 0 Å². The second-order valence-electron chi connectivity index (χ2n) is 4.94. The van der Waals surface area contributed by atoms with Gasteiger partial charge in [0.05, 0.1) is 13.2 Å². The molecule has 1 rings (SSSR count). The molecule has 3 nitrogen and oxygen atoms in total. The van der Waals surface area contributed by atoms with Gasteiger partial charge < -0.3 is 10.5 Å². The Labute approximate surface area is 96.6 Å². The highest BCUT2D eigenvalue weighted by molar-refractivity contribution is 6.00. The van der Waals surface area contributed by atoms with Gasteiger partial charge in [-0.15, -0.1) is 0 Å². The van der Waals surface area contributed by atoms with Crippen molar-refractivity contribution in [3.63, 3.8) is 0 Å². The smallest absolute Gasteiger partial charge is 0.180 e. The second kappa shape index (κ2) is 4.66. The predicted octanol–water partition coefficient (Wildman–Crippen LogP) is 2.25. The van der Waals surface area contributed by atoms with Crippen LogP contribution in [0.2, 0.25) is 0 Å². The van der Waals surface area contributed by atoms with Gasteiger partial charge in [0.1, 0.15) is 5.75 Å². The number of benzene rings is 1. The molecule has 2 N–H and O–H groups in total. The molecule has 0 saturated heterocycles. The van der Waals surface area contributed by atoms with Crippen molar-refractivity contribution >= 4 is 5.78 Å². The minimum absolute atomic E-state index is 0.0323. The lowest BCUT2D eigenvalue weighted by Crippen LogP contribution is -2.42. The van der Waals surface area contributed by atoms with E-state index in [1.165, 1.54) is 0 Å². The molecule has 88 valence electrons. The number of ketones is 1. The van der Waals surface area contributed by atoms with Crippen molar-refractivity contribution in [3.05, 3.63) is 29.8 Å². The molecule has 0 aliphatic rings. The third kappa shape index (κ3) is 2.83. The van der Waals surface area contributed by atoms with Gasteiger partial charge in [0, 0.05) is 5.56 Å². The standard InChI is InChI=1S/C13H19NO2/c1-13(2,3)12(14)11(15)9-5-7-10(16-4)8-6-9/h5-8,12H,14H2,1-4H3/t12-/m1/s1. The number of rotatable bonds is 3. The monoisotopic (exact) mass is 221 g/mol.